The fourth-order valence-electron chi connectivity index (χ4n) is 2.89. The molecule has 1 amide bonds. The van der Waals surface area contributed by atoms with Crippen molar-refractivity contribution in [3.8, 4) is 0 Å². The molecule has 23 heavy (non-hydrogen) atoms. The van der Waals surface area contributed by atoms with Gasteiger partial charge in [0.2, 0.25) is 0 Å². The molecule has 0 saturated heterocycles. The zero-order valence-corrected chi connectivity index (χ0v) is 12.4. The maximum absolute atomic E-state index is 11.6. The van der Waals surface area contributed by atoms with Crippen LogP contribution < -0.4 is 4.90 Å². The first-order valence-corrected chi connectivity index (χ1v) is 7.51. The van der Waals surface area contributed by atoms with Gasteiger partial charge in [-0.2, -0.15) is 0 Å². The van der Waals surface area contributed by atoms with Crippen molar-refractivity contribution < 1.29 is 4.79 Å². The summed E-state index contributed by atoms with van der Waals surface area (Å²) in [6, 6.07) is 28.2. The van der Waals surface area contributed by atoms with E-state index in [1.807, 2.05) is 79.2 Å². The maximum Gasteiger partial charge on any atom is 0.321 e. The van der Waals surface area contributed by atoms with E-state index < -0.39 is 0 Å². The Morgan fingerprint density at radius 2 is 1.00 bits per heavy atom. The van der Waals surface area contributed by atoms with Crippen LogP contribution in [0.4, 0.5) is 11.4 Å². The van der Waals surface area contributed by atoms with E-state index in [2.05, 4.69) is 12.1 Å². The minimum absolute atomic E-state index is 0.814. The molecule has 0 N–H and O–H groups in total. The van der Waals surface area contributed by atoms with Crippen LogP contribution >= 0.6 is 0 Å². The van der Waals surface area contributed by atoms with Gasteiger partial charge in [-0.05, 0) is 45.8 Å². The molecule has 109 valence electrons. The Labute approximate surface area is 134 Å². The largest absolute Gasteiger partial charge is 0.321 e. The van der Waals surface area contributed by atoms with E-state index in [1.54, 1.807) is 4.90 Å². The normalized spacial score (nSPS) is 10.8. The van der Waals surface area contributed by atoms with Gasteiger partial charge in [0.25, 0.3) is 0 Å². The second-order valence-corrected chi connectivity index (χ2v) is 5.49. The van der Waals surface area contributed by atoms with Gasteiger partial charge < -0.3 is 0 Å². The number of amides is 1. The zero-order chi connectivity index (χ0) is 15.6. The van der Waals surface area contributed by atoms with E-state index in [-0.39, 0.29) is 0 Å². The number of hydrogen-bond donors (Lipinski definition) is 0. The SMILES string of the molecule is O=[C]N(c1ccc2ccccc2c1)c1ccc2ccccc2c1. The molecule has 0 unspecified atom stereocenters. The number of anilines is 2. The van der Waals surface area contributed by atoms with Crippen molar-refractivity contribution in [2.75, 3.05) is 4.90 Å². The Morgan fingerprint density at radius 3 is 1.43 bits per heavy atom. The Morgan fingerprint density at radius 1 is 0.565 bits per heavy atom. The van der Waals surface area contributed by atoms with Crippen LogP contribution in [-0.2, 0) is 4.79 Å². The predicted molar refractivity (Wildman–Crippen MR) is 95.7 cm³/mol. The van der Waals surface area contributed by atoms with Crippen LogP contribution in [0.3, 0.4) is 0 Å². The molecule has 0 spiro atoms. The lowest BCUT2D eigenvalue weighted by atomic mass is 10.1. The van der Waals surface area contributed by atoms with Crippen LogP contribution in [0.1, 0.15) is 0 Å². The van der Waals surface area contributed by atoms with E-state index >= 15 is 0 Å². The summed E-state index contributed by atoms with van der Waals surface area (Å²) in [5, 5.41) is 4.51. The van der Waals surface area contributed by atoms with Crippen molar-refractivity contribution in [1.29, 1.82) is 0 Å². The quantitative estimate of drug-likeness (QED) is 0.476. The standard InChI is InChI=1S/C21H14NO/c23-15-22(20-11-9-16-5-1-3-7-18(16)13-20)21-12-10-17-6-2-4-8-19(17)14-21/h1-14H. The summed E-state index contributed by atoms with van der Waals surface area (Å²) in [5.74, 6) is 0. The molecule has 0 fully saturated rings. The highest BCUT2D eigenvalue weighted by atomic mass is 16.1. The van der Waals surface area contributed by atoms with Gasteiger partial charge in [0.1, 0.15) is 0 Å². The van der Waals surface area contributed by atoms with Gasteiger partial charge in [0.05, 0.1) is 11.4 Å². The number of fused-ring (bicyclic) bond motifs is 2. The fourth-order valence-corrected chi connectivity index (χ4v) is 2.89. The molecule has 0 aliphatic heterocycles. The molecule has 0 saturated carbocycles. The molecule has 0 aliphatic carbocycles. The molecule has 2 heteroatoms. The van der Waals surface area contributed by atoms with Gasteiger partial charge in [-0.1, -0.05) is 60.7 Å². The average Bonchev–Trinajstić information content (AvgIpc) is 2.62. The summed E-state index contributed by atoms with van der Waals surface area (Å²) in [4.78, 5) is 13.1. The van der Waals surface area contributed by atoms with Gasteiger partial charge in [0.15, 0.2) is 0 Å². The van der Waals surface area contributed by atoms with Gasteiger partial charge in [-0.25, -0.2) is 0 Å². The number of benzene rings is 4. The zero-order valence-electron chi connectivity index (χ0n) is 12.4. The third kappa shape index (κ3) is 2.44. The van der Waals surface area contributed by atoms with Crippen LogP contribution in [0.5, 0.6) is 0 Å². The second kappa shape index (κ2) is 5.58. The van der Waals surface area contributed by atoms with E-state index in [1.165, 1.54) is 0 Å². The molecular weight excluding hydrogens is 282 g/mol. The van der Waals surface area contributed by atoms with Crippen LogP contribution in [0, 0.1) is 0 Å². The van der Waals surface area contributed by atoms with E-state index in [0.717, 1.165) is 32.9 Å². The van der Waals surface area contributed by atoms with Crippen molar-refractivity contribution in [2.24, 2.45) is 0 Å². The molecule has 1 radical (unpaired) electrons. The first kappa shape index (κ1) is 13.5. The third-order valence-electron chi connectivity index (χ3n) is 4.07. The smallest absolute Gasteiger partial charge is 0.273 e. The summed E-state index contributed by atoms with van der Waals surface area (Å²) in [6.07, 6.45) is 2.05. The van der Waals surface area contributed by atoms with E-state index in [9.17, 15) is 4.79 Å². The van der Waals surface area contributed by atoms with Crippen LogP contribution in [-0.4, -0.2) is 6.41 Å². The Bertz CT molecular complexity index is 927. The lowest BCUT2D eigenvalue weighted by Crippen LogP contribution is -2.13. The van der Waals surface area contributed by atoms with E-state index in [0.29, 0.717) is 0 Å². The molecule has 0 aromatic heterocycles. The van der Waals surface area contributed by atoms with Crippen molar-refractivity contribution in [2.45, 2.75) is 0 Å². The van der Waals surface area contributed by atoms with Gasteiger partial charge in [0, 0.05) is 0 Å². The summed E-state index contributed by atoms with van der Waals surface area (Å²) < 4.78 is 0. The first-order chi connectivity index (χ1) is 11.3. The molecule has 0 heterocycles. The van der Waals surface area contributed by atoms with Crippen molar-refractivity contribution >= 4 is 39.3 Å². The second-order valence-electron chi connectivity index (χ2n) is 5.49. The molecular formula is C21H14NO. The average molecular weight is 296 g/mol. The van der Waals surface area contributed by atoms with Gasteiger partial charge in [-0.3, -0.25) is 9.69 Å². The van der Waals surface area contributed by atoms with Crippen LogP contribution in [0.25, 0.3) is 21.5 Å². The van der Waals surface area contributed by atoms with Gasteiger partial charge in [-0.15, -0.1) is 0 Å². The molecule has 4 aromatic rings. The number of carbonyl (C=O) groups excluding carboxylic acids is 1. The molecule has 0 atom stereocenters. The molecule has 0 bridgehead atoms. The highest BCUT2D eigenvalue weighted by Gasteiger charge is 2.10. The van der Waals surface area contributed by atoms with Crippen molar-refractivity contribution in [3.63, 3.8) is 0 Å². The monoisotopic (exact) mass is 296 g/mol. The number of rotatable bonds is 3. The summed E-state index contributed by atoms with van der Waals surface area (Å²) in [6.45, 7) is 0. The Balaban J connectivity index is 1.83. The summed E-state index contributed by atoms with van der Waals surface area (Å²) in [7, 11) is 0. The first-order valence-electron chi connectivity index (χ1n) is 7.51. The topological polar surface area (TPSA) is 20.3 Å². The fraction of sp³-hybridized carbons (Fsp3) is 0. The minimum atomic E-state index is 0.814. The molecule has 2 nitrogen and oxygen atoms in total. The summed E-state index contributed by atoms with van der Waals surface area (Å²) in [5.41, 5.74) is 1.63. The predicted octanol–water partition coefficient (Wildman–Crippen LogP) is 5.20. The van der Waals surface area contributed by atoms with Crippen molar-refractivity contribution in [1.82, 2.24) is 0 Å². The minimum Gasteiger partial charge on any atom is -0.273 e. The molecule has 4 aromatic carbocycles. The lowest BCUT2D eigenvalue weighted by Gasteiger charge is -2.18. The number of hydrogen-bond acceptors (Lipinski definition) is 1. The van der Waals surface area contributed by atoms with Crippen molar-refractivity contribution in [3.05, 3.63) is 84.9 Å². The molecule has 4 rings (SSSR count). The van der Waals surface area contributed by atoms with Crippen LogP contribution in [0.15, 0.2) is 84.9 Å². The molecule has 0 aliphatic rings. The Kier molecular flexibility index (Phi) is 3.28. The lowest BCUT2D eigenvalue weighted by molar-refractivity contribution is 0.556. The highest BCUT2D eigenvalue weighted by molar-refractivity contribution is 5.96. The maximum atomic E-state index is 11.6. The third-order valence-corrected chi connectivity index (χ3v) is 4.07. The highest BCUT2D eigenvalue weighted by Crippen LogP contribution is 2.29. The van der Waals surface area contributed by atoms with E-state index in [4.69, 9.17) is 0 Å². The van der Waals surface area contributed by atoms with Gasteiger partial charge >= 0.3 is 6.41 Å². The Hall–Kier alpha value is -3.13. The number of nitrogens with zero attached hydrogens (tertiary/aromatic N) is 1. The summed E-state index contributed by atoms with van der Waals surface area (Å²) >= 11 is 0. The van der Waals surface area contributed by atoms with Crippen LogP contribution in [0.2, 0.25) is 0 Å².